The molecule has 0 amide bonds. The molecule has 0 aliphatic carbocycles. The van der Waals surface area contributed by atoms with Crippen LogP contribution in [0.5, 0.6) is 0 Å². The zero-order chi connectivity index (χ0) is 12.8. The third-order valence-corrected chi connectivity index (χ3v) is 3.19. The largest absolute Gasteiger partial charge is 0.374 e. The van der Waals surface area contributed by atoms with E-state index in [1.807, 2.05) is 0 Å². The second kappa shape index (κ2) is 7.24. The summed E-state index contributed by atoms with van der Waals surface area (Å²) in [5.74, 6) is 0.560. The molecule has 1 saturated heterocycles. The van der Waals surface area contributed by atoms with Gasteiger partial charge in [-0.2, -0.15) is 0 Å². The fourth-order valence-electron chi connectivity index (χ4n) is 2.27. The van der Waals surface area contributed by atoms with Crippen molar-refractivity contribution in [2.24, 2.45) is 5.92 Å². The van der Waals surface area contributed by atoms with Crippen LogP contribution in [-0.2, 0) is 4.74 Å². The predicted molar refractivity (Wildman–Crippen MR) is 64.5 cm³/mol. The minimum Gasteiger partial charge on any atom is -0.374 e. The number of halogens is 2. The third kappa shape index (κ3) is 5.27. The van der Waals surface area contributed by atoms with Crippen LogP contribution >= 0.6 is 0 Å². The Hall–Kier alpha value is -0.260. The molecule has 1 aliphatic rings. The zero-order valence-corrected chi connectivity index (χ0v) is 11.0. The Bertz CT molecular complexity index is 215. The molecule has 0 aromatic heterocycles. The monoisotopic (exact) mass is 250 g/mol. The predicted octanol–water partition coefficient (Wildman–Crippen LogP) is 1.59. The molecule has 1 aliphatic heterocycles. The second-order valence-corrected chi connectivity index (χ2v) is 5.08. The van der Waals surface area contributed by atoms with Gasteiger partial charge in [-0.1, -0.05) is 13.8 Å². The fraction of sp³-hybridized carbons (Fsp3) is 1.00. The van der Waals surface area contributed by atoms with E-state index in [9.17, 15) is 8.78 Å². The van der Waals surface area contributed by atoms with Crippen LogP contribution in [0.4, 0.5) is 8.78 Å². The van der Waals surface area contributed by atoms with Gasteiger partial charge in [0, 0.05) is 31.7 Å². The topological polar surface area (TPSA) is 24.5 Å². The van der Waals surface area contributed by atoms with Crippen molar-refractivity contribution in [2.75, 3.05) is 32.8 Å². The molecule has 3 nitrogen and oxygen atoms in total. The number of rotatable bonds is 6. The lowest BCUT2D eigenvalue weighted by atomic mass is 9.99. The van der Waals surface area contributed by atoms with E-state index < -0.39 is 13.0 Å². The summed E-state index contributed by atoms with van der Waals surface area (Å²) in [7, 11) is 0. The van der Waals surface area contributed by atoms with Crippen LogP contribution in [0.2, 0.25) is 0 Å². The Labute approximate surface area is 103 Å². The van der Waals surface area contributed by atoms with Gasteiger partial charge in [0.15, 0.2) is 0 Å². The molecule has 2 atom stereocenters. The van der Waals surface area contributed by atoms with Crippen molar-refractivity contribution in [3.63, 3.8) is 0 Å². The summed E-state index contributed by atoms with van der Waals surface area (Å²) in [6.07, 6.45) is -2.36. The van der Waals surface area contributed by atoms with Crippen LogP contribution in [0, 0.1) is 5.92 Å². The first-order valence-electron chi connectivity index (χ1n) is 6.34. The van der Waals surface area contributed by atoms with Crippen molar-refractivity contribution in [1.29, 1.82) is 0 Å². The van der Waals surface area contributed by atoms with Crippen molar-refractivity contribution in [3.8, 4) is 0 Å². The molecule has 0 radical (unpaired) electrons. The number of nitrogens with one attached hydrogen (secondary N) is 1. The molecule has 1 rings (SSSR count). The maximum Gasteiger partial charge on any atom is 0.261 e. The fourth-order valence-corrected chi connectivity index (χ4v) is 2.27. The van der Waals surface area contributed by atoms with Gasteiger partial charge in [0.2, 0.25) is 0 Å². The van der Waals surface area contributed by atoms with E-state index in [1.165, 1.54) is 0 Å². The van der Waals surface area contributed by atoms with Crippen LogP contribution in [0.3, 0.4) is 0 Å². The Kier molecular flexibility index (Phi) is 6.30. The molecule has 1 fully saturated rings. The molecular formula is C12H24F2N2O. The molecule has 5 heteroatoms. The molecule has 1 N–H and O–H groups in total. The Morgan fingerprint density at radius 2 is 2.12 bits per heavy atom. The van der Waals surface area contributed by atoms with Crippen molar-refractivity contribution in [3.05, 3.63) is 0 Å². The number of hydrogen-bond donors (Lipinski definition) is 1. The summed E-state index contributed by atoms with van der Waals surface area (Å²) in [6.45, 7) is 9.12. The maximum atomic E-state index is 11.9. The zero-order valence-electron chi connectivity index (χ0n) is 11.0. The van der Waals surface area contributed by atoms with Gasteiger partial charge < -0.3 is 10.1 Å². The summed E-state index contributed by atoms with van der Waals surface area (Å²) in [6, 6.07) is 0.932. The smallest absolute Gasteiger partial charge is 0.261 e. The molecule has 0 aromatic carbocycles. The molecule has 102 valence electrons. The van der Waals surface area contributed by atoms with Crippen LogP contribution in [0.15, 0.2) is 0 Å². The summed E-state index contributed by atoms with van der Waals surface area (Å²) in [5, 5.41) is 3.45. The van der Waals surface area contributed by atoms with E-state index in [1.54, 1.807) is 0 Å². The number of alkyl halides is 2. The average molecular weight is 250 g/mol. The standard InChI is InChI=1S/C12H24F2N2O/c1-9(2)11-6-15-10(3)7-16(11)4-5-17-8-12(13)14/h9-12,15H,4-8H2,1-3H3. The molecule has 0 aromatic rings. The molecule has 0 saturated carbocycles. The van der Waals surface area contributed by atoms with Gasteiger partial charge in [-0.25, -0.2) is 8.78 Å². The SMILES string of the molecule is CC1CN(CCOCC(F)F)C(C(C)C)CN1. The van der Waals surface area contributed by atoms with Gasteiger partial charge in [-0.15, -0.1) is 0 Å². The summed E-state index contributed by atoms with van der Waals surface area (Å²) < 4.78 is 28.8. The summed E-state index contributed by atoms with van der Waals surface area (Å²) in [4.78, 5) is 2.34. The highest BCUT2D eigenvalue weighted by Crippen LogP contribution is 2.14. The van der Waals surface area contributed by atoms with Crippen LogP contribution in [0.1, 0.15) is 20.8 Å². The second-order valence-electron chi connectivity index (χ2n) is 5.08. The van der Waals surface area contributed by atoms with Crippen molar-refractivity contribution in [2.45, 2.75) is 39.3 Å². The Balaban J connectivity index is 2.31. The minimum atomic E-state index is -2.36. The van der Waals surface area contributed by atoms with E-state index in [0.29, 0.717) is 24.6 Å². The number of piperazine rings is 1. The van der Waals surface area contributed by atoms with E-state index in [0.717, 1.165) is 19.6 Å². The molecular weight excluding hydrogens is 226 g/mol. The van der Waals surface area contributed by atoms with E-state index >= 15 is 0 Å². The highest BCUT2D eigenvalue weighted by Gasteiger charge is 2.27. The minimum absolute atomic E-state index is 0.389. The van der Waals surface area contributed by atoms with Gasteiger partial charge in [0.25, 0.3) is 6.43 Å². The lowest BCUT2D eigenvalue weighted by Gasteiger charge is -2.41. The van der Waals surface area contributed by atoms with Gasteiger partial charge >= 0.3 is 0 Å². The van der Waals surface area contributed by atoms with E-state index in [-0.39, 0.29) is 0 Å². The molecule has 17 heavy (non-hydrogen) atoms. The van der Waals surface area contributed by atoms with Crippen molar-refractivity contribution in [1.82, 2.24) is 10.2 Å². The lowest BCUT2D eigenvalue weighted by molar-refractivity contribution is -0.00186. The lowest BCUT2D eigenvalue weighted by Crippen LogP contribution is -2.57. The first kappa shape index (κ1) is 14.8. The van der Waals surface area contributed by atoms with Gasteiger partial charge in [-0.05, 0) is 12.8 Å². The van der Waals surface area contributed by atoms with E-state index in [2.05, 4.69) is 31.0 Å². The van der Waals surface area contributed by atoms with Crippen molar-refractivity contribution >= 4 is 0 Å². The summed E-state index contributed by atoms with van der Waals surface area (Å²) >= 11 is 0. The number of ether oxygens (including phenoxy) is 1. The number of nitrogens with zero attached hydrogens (tertiary/aromatic N) is 1. The quantitative estimate of drug-likeness (QED) is 0.724. The normalized spacial score (nSPS) is 27.0. The van der Waals surface area contributed by atoms with Crippen molar-refractivity contribution < 1.29 is 13.5 Å². The van der Waals surface area contributed by atoms with Crippen LogP contribution in [0.25, 0.3) is 0 Å². The first-order valence-corrected chi connectivity index (χ1v) is 6.34. The number of hydrogen-bond acceptors (Lipinski definition) is 3. The molecule has 0 spiro atoms. The highest BCUT2D eigenvalue weighted by atomic mass is 19.3. The van der Waals surface area contributed by atoms with Crippen LogP contribution in [-0.4, -0.2) is 56.3 Å². The molecule has 0 bridgehead atoms. The third-order valence-electron chi connectivity index (χ3n) is 3.19. The maximum absolute atomic E-state index is 11.9. The molecule has 1 heterocycles. The average Bonchev–Trinajstić information content (AvgIpc) is 2.23. The van der Waals surface area contributed by atoms with E-state index in [4.69, 9.17) is 4.74 Å². The summed E-state index contributed by atoms with van der Waals surface area (Å²) in [5.41, 5.74) is 0. The molecule has 2 unspecified atom stereocenters. The highest BCUT2D eigenvalue weighted by molar-refractivity contribution is 4.85. The first-order chi connectivity index (χ1) is 8.00. The van der Waals surface area contributed by atoms with Gasteiger partial charge in [0.1, 0.15) is 6.61 Å². The Morgan fingerprint density at radius 3 is 2.71 bits per heavy atom. The van der Waals surface area contributed by atoms with Crippen LogP contribution < -0.4 is 5.32 Å². The van der Waals surface area contributed by atoms with Gasteiger partial charge in [0.05, 0.1) is 6.61 Å². The Morgan fingerprint density at radius 1 is 1.41 bits per heavy atom. The van der Waals surface area contributed by atoms with Gasteiger partial charge in [-0.3, -0.25) is 4.90 Å².